The maximum absolute atomic E-state index is 11.9. The standard InChI is InChI=1S/C12H20N2O/c1-12(2,13)7-14-11(15)10-6-8-3-4-9(10)5-8/h3-4,8-10H,5-7,13H2,1-2H3,(H,14,15). The third kappa shape index (κ3) is 2.40. The number of amides is 1. The smallest absolute Gasteiger partial charge is 0.223 e. The molecule has 15 heavy (non-hydrogen) atoms. The van der Waals surface area contributed by atoms with Crippen molar-refractivity contribution in [2.45, 2.75) is 32.2 Å². The van der Waals surface area contributed by atoms with Crippen molar-refractivity contribution in [2.75, 3.05) is 6.54 Å². The Morgan fingerprint density at radius 1 is 1.47 bits per heavy atom. The predicted octanol–water partition coefficient (Wildman–Crippen LogP) is 1.05. The van der Waals surface area contributed by atoms with Gasteiger partial charge in [-0.15, -0.1) is 0 Å². The fraction of sp³-hybridized carbons (Fsp3) is 0.750. The molecule has 0 spiro atoms. The minimum atomic E-state index is -0.316. The van der Waals surface area contributed by atoms with Crippen LogP contribution in [0.4, 0.5) is 0 Å². The van der Waals surface area contributed by atoms with E-state index < -0.39 is 0 Å². The van der Waals surface area contributed by atoms with Crippen molar-refractivity contribution in [2.24, 2.45) is 23.5 Å². The van der Waals surface area contributed by atoms with Crippen LogP contribution in [0.25, 0.3) is 0 Å². The quantitative estimate of drug-likeness (QED) is 0.681. The van der Waals surface area contributed by atoms with Gasteiger partial charge in [-0.25, -0.2) is 0 Å². The number of hydrogen-bond donors (Lipinski definition) is 2. The molecule has 0 heterocycles. The fourth-order valence-corrected chi connectivity index (χ4v) is 2.53. The molecule has 1 saturated carbocycles. The van der Waals surface area contributed by atoms with E-state index in [4.69, 9.17) is 5.73 Å². The van der Waals surface area contributed by atoms with E-state index in [0.717, 1.165) is 6.42 Å². The summed E-state index contributed by atoms with van der Waals surface area (Å²) in [7, 11) is 0. The second kappa shape index (κ2) is 3.63. The Balaban J connectivity index is 1.85. The highest BCUT2D eigenvalue weighted by atomic mass is 16.1. The number of carbonyl (C=O) groups excluding carboxylic acids is 1. The van der Waals surface area contributed by atoms with Crippen LogP contribution < -0.4 is 11.1 Å². The minimum Gasteiger partial charge on any atom is -0.354 e. The summed E-state index contributed by atoms with van der Waals surface area (Å²) >= 11 is 0. The maximum atomic E-state index is 11.9. The van der Waals surface area contributed by atoms with Gasteiger partial charge >= 0.3 is 0 Å². The van der Waals surface area contributed by atoms with Crippen LogP contribution in [0.15, 0.2) is 12.2 Å². The van der Waals surface area contributed by atoms with E-state index in [1.54, 1.807) is 0 Å². The average Bonchev–Trinajstić information content (AvgIpc) is 2.73. The number of allylic oxidation sites excluding steroid dienone is 2. The van der Waals surface area contributed by atoms with Gasteiger partial charge in [-0.2, -0.15) is 0 Å². The molecule has 1 amide bonds. The van der Waals surface area contributed by atoms with Crippen molar-refractivity contribution in [1.29, 1.82) is 0 Å². The van der Waals surface area contributed by atoms with Gasteiger partial charge in [0, 0.05) is 18.0 Å². The van der Waals surface area contributed by atoms with Gasteiger partial charge in [-0.1, -0.05) is 12.2 Å². The minimum absolute atomic E-state index is 0.186. The molecule has 84 valence electrons. The summed E-state index contributed by atoms with van der Waals surface area (Å²) in [5.41, 5.74) is 5.51. The van der Waals surface area contributed by atoms with Crippen molar-refractivity contribution in [3.63, 3.8) is 0 Å². The molecule has 0 aliphatic heterocycles. The first-order chi connectivity index (χ1) is 6.96. The SMILES string of the molecule is CC(C)(N)CNC(=O)C1CC2C=CC1C2. The van der Waals surface area contributed by atoms with Gasteiger partial charge < -0.3 is 11.1 Å². The van der Waals surface area contributed by atoms with Crippen molar-refractivity contribution in [3.05, 3.63) is 12.2 Å². The predicted molar refractivity (Wildman–Crippen MR) is 60.1 cm³/mol. The van der Waals surface area contributed by atoms with Crippen molar-refractivity contribution in [3.8, 4) is 0 Å². The van der Waals surface area contributed by atoms with Crippen molar-refractivity contribution in [1.82, 2.24) is 5.32 Å². The molecule has 2 aliphatic rings. The molecular weight excluding hydrogens is 188 g/mol. The summed E-state index contributed by atoms with van der Waals surface area (Å²) < 4.78 is 0. The normalized spacial score (nSPS) is 33.4. The number of rotatable bonds is 3. The molecule has 3 N–H and O–H groups in total. The topological polar surface area (TPSA) is 55.1 Å². The zero-order valence-corrected chi connectivity index (χ0v) is 9.49. The Kier molecular flexibility index (Phi) is 2.59. The Hall–Kier alpha value is -0.830. The molecule has 0 radical (unpaired) electrons. The summed E-state index contributed by atoms with van der Waals surface area (Å²) in [6, 6.07) is 0. The first-order valence-corrected chi connectivity index (χ1v) is 5.70. The summed E-state index contributed by atoms with van der Waals surface area (Å²) in [6.07, 6.45) is 6.65. The number of fused-ring (bicyclic) bond motifs is 2. The zero-order valence-electron chi connectivity index (χ0n) is 9.49. The maximum Gasteiger partial charge on any atom is 0.223 e. The van der Waals surface area contributed by atoms with Crippen LogP contribution in [0.2, 0.25) is 0 Å². The van der Waals surface area contributed by atoms with Crippen molar-refractivity contribution < 1.29 is 4.79 Å². The van der Waals surface area contributed by atoms with Gasteiger partial charge in [0.2, 0.25) is 5.91 Å². The van der Waals surface area contributed by atoms with Gasteiger partial charge in [0.1, 0.15) is 0 Å². The summed E-state index contributed by atoms with van der Waals surface area (Å²) in [6.45, 7) is 4.41. The molecule has 0 saturated heterocycles. The first kappa shape index (κ1) is 10.7. The Labute approximate surface area is 91.1 Å². The highest BCUT2D eigenvalue weighted by molar-refractivity contribution is 5.80. The number of carbonyl (C=O) groups is 1. The number of hydrogen-bond acceptors (Lipinski definition) is 2. The third-order valence-corrected chi connectivity index (χ3v) is 3.33. The lowest BCUT2D eigenvalue weighted by atomic mass is 9.92. The van der Waals surface area contributed by atoms with Gasteiger partial charge in [-0.05, 0) is 38.5 Å². The molecule has 3 heteroatoms. The molecule has 2 aliphatic carbocycles. The van der Waals surface area contributed by atoms with Crippen LogP contribution >= 0.6 is 0 Å². The van der Waals surface area contributed by atoms with Crippen LogP contribution in [0.1, 0.15) is 26.7 Å². The third-order valence-electron chi connectivity index (χ3n) is 3.33. The molecule has 0 aromatic carbocycles. The molecule has 0 aromatic heterocycles. The molecule has 0 aromatic rings. The van der Waals surface area contributed by atoms with Crippen LogP contribution in [-0.4, -0.2) is 18.0 Å². The second-order valence-electron chi connectivity index (χ2n) is 5.59. The van der Waals surface area contributed by atoms with Crippen LogP contribution in [-0.2, 0) is 4.79 Å². The number of nitrogens with two attached hydrogens (primary N) is 1. The largest absolute Gasteiger partial charge is 0.354 e. The van der Waals surface area contributed by atoms with Gasteiger partial charge in [-0.3, -0.25) is 4.79 Å². The monoisotopic (exact) mass is 208 g/mol. The van der Waals surface area contributed by atoms with E-state index in [-0.39, 0.29) is 17.4 Å². The summed E-state index contributed by atoms with van der Waals surface area (Å²) in [4.78, 5) is 11.9. The summed E-state index contributed by atoms with van der Waals surface area (Å²) in [5, 5.41) is 2.95. The summed E-state index contributed by atoms with van der Waals surface area (Å²) in [5.74, 6) is 1.51. The van der Waals surface area contributed by atoms with E-state index in [1.807, 2.05) is 13.8 Å². The Morgan fingerprint density at radius 3 is 2.67 bits per heavy atom. The molecule has 2 bridgehead atoms. The Morgan fingerprint density at radius 2 is 2.20 bits per heavy atom. The van der Waals surface area contributed by atoms with Crippen LogP contribution in [0.3, 0.4) is 0 Å². The fourth-order valence-electron chi connectivity index (χ4n) is 2.53. The van der Waals surface area contributed by atoms with E-state index in [2.05, 4.69) is 17.5 Å². The molecule has 1 fully saturated rings. The lowest BCUT2D eigenvalue weighted by Gasteiger charge is -2.22. The molecule has 2 rings (SSSR count). The lowest BCUT2D eigenvalue weighted by Crippen LogP contribution is -2.47. The lowest BCUT2D eigenvalue weighted by molar-refractivity contribution is -0.125. The number of nitrogens with one attached hydrogen (secondary N) is 1. The molecule has 3 nitrogen and oxygen atoms in total. The average molecular weight is 208 g/mol. The van der Waals surface area contributed by atoms with Gasteiger partial charge in [0.15, 0.2) is 0 Å². The molecule has 3 atom stereocenters. The van der Waals surface area contributed by atoms with Gasteiger partial charge in [0.25, 0.3) is 0 Å². The second-order valence-corrected chi connectivity index (χ2v) is 5.59. The Bertz CT molecular complexity index is 290. The zero-order chi connectivity index (χ0) is 11.1. The highest BCUT2D eigenvalue weighted by Crippen LogP contribution is 2.43. The van der Waals surface area contributed by atoms with E-state index in [0.29, 0.717) is 18.4 Å². The van der Waals surface area contributed by atoms with Crippen LogP contribution in [0, 0.1) is 17.8 Å². The van der Waals surface area contributed by atoms with Gasteiger partial charge in [0.05, 0.1) is 0 Å². The van der Waals surface area contributed by atoms with E-state index in [1.165, 1.54) is 6.42 Å². The molecular formula is C12H20N2O. The first-order valence-electron chi connectivity index (χ1n) is 5.70. The van der Waals surface area contributed by atoms with E-state index >= 15 is 0 Å². The van der Waals surface area contributed by atoms with Crippen molar-refractivity contribution >= 4 is 5.91 Å². The molecule has 3 unspecified atom stereocenters. The highest BCUT2D eigenvalue weighted by Gasteiger charge is 2.39. The van der Waals surface area contributed by atoms with Crippen LogP contribution in [0.5, 0.6) is 0 Å². The van der Waals surface area contributed by atoms with E-state index in [9.17, 15) is 4.79 Å².